The van der Waals surface area contributed by atoms with Crippen molar-refractivity contribution in [3.05, 3.63) is 0 Å². The molecule has 0 radical (unpaired) electrons. The normalized spacial score (nSPS) is 24.4. The van der Waals surface area contributed by atoms with Crippen LogP contribution in [0.25, 0.3) is 0 Å². The lowest BCUT2D eigenvalue weighted by atomic mass is 9.57. The zero-order chi connectivity index (χ0) is 39.0. The van der Waals surface area contributed by atoms with Gasteiger partial charge >= 0.3 is 17.9 Å². The summed E-state index contributed by atoms with van der Waals surface area (Å²) >= 11 is 0. The lowest BCUT2D eigenvalue weighted by Crippen LogP contribution is -2.46. The second-order valence-electron chi connectivity index (χ2n) is 20.1. The van der Waals surface area contributed by atoms with Crippen LogP contribution in [0.5, 0.6) is 0 Å². The van der Waals surface area contributed by atoms with E-state index in [9.17, 15) is 14.4 Å². The summed E-state index contributed by atoms with van der Waals surface area (Å²) in [6, 6.07) is 0. The van der Waals surface area contributed by atoms with Gasteiger partial charge < -0.3 is 14.2 Å². The van der Waals surface area contributed by atoms with Crippen LogP contribution < -0.4 is 0 Å². The molecule has 6 rings (SSSR count). The SMILES string of the molecule is CC(C)COC(=O)C1(C2CCCCC2)CCC1.CC(C)COC(=O)C1(C2CCCCC2)CCCC1.CC(C)COC(=O)C1(C2CCCCC2)CCCCC1. The first-order chi connectivity index (χ1) is 25.9. The van der Waals surface area contributed by atoms with E-state index in [1.165, 1.54) is 135 Å². The maximum Gasteiger partial charge on any atom is 0.312 e. The van der Waals surface area contributed by atoms with Gasteiger partial charge in [0, 0.05) is 0 Å². The summed E-state index contributed by atoms with van der Waals surface area (Å²) in [6.45, 7) is 14.4. The molecule has 0 aromatic carbocycles. The van der Waals surface area contributed by atoms with Crippen molar-refractivity contribution in [3.8, 4) is 0 Å². The van der Waals surface area contributed by atoms with E-state index in [0.29, 0.717) is 55.3 Å². The second kappa shape index (κ2) is 22.4. The quantitative estimate of drug-likeness (QED) is 0.146. The molecule has 0 aromatic heterocycles. The number of carbonyl (C=O) groups excluding carboxylic acids is 3. The zero-order valence-corrected chi connectivity index (χ0v) is 36.1. The first-order valence-electron chi connectivity index (χ1n) is 23.5. The number of carbonyl (C=O) groups is 3. The van der Waals surface area contributed by atoms with Crippen LogP contribution in [0.2, 0.25) is 0 Å². The molecule has 6 saturated carbocycles. The molecule has 0 bridgehead atoms. The summed E-state index contributed by atoms with van der Waals surface area (Å²) in [6.07, 6.45) is 33.2. The molecule has 6 heteroatoms. The molecule has 0 atom stereocenters. The van der Waals surface area contributed by atoms with Gasteiger partial charge in [0.15, 0.2) is 0 Å². The van der Waals surface area contributed by atoms with Gasteiger partial charge in [-0.1, -0.05) is 138 Å². The Kier molecular flexibility index (Phi) is 18.7. The van der Waals surface area contributed by atoms with Crippen molar-refractivity contribution in [1.29, 1.82) is 0 Å². The van der Waals surface area contributed by atoms with Gasteiger partial charge in [0.25, 0.3) is 0 Å². The van der Waals surface area contributed by atoms with Crippen molar-refractivity contribution in [2.45, 2.75) is 215 Å². The maximum absolute atomic E-state index is 12.7. The van der Waals surface area contributed by atoms with Crippen LogP contribution in [0.15, 0.2) is 0 Å². The monoisotopic (exact) mass is 757 g/mol. The summed E-state index contributed by atoms with van der Waals surface area (Å²) in [5.74, 6) is 3.52. The molecule has 0 N–H and O–H groups in total. The minimum Gasteiger partial charge on any atom is -0.465 e. The van der Waals surface area contributed by atoms with Crippen LogP contribution in [0.3, 0.4) is 0 Å². The van der Waals surface area contributed by atoms with Crippen LogP contribution in [-0.2, 0) is 28.6 Å². The highest BCUT2D eigenvalue weighted by molar-refractivity contribution is 5.79. The molecule has 312 valence electrons. The van der Waals surface area contributed by atoms with Crippen LogP contribution in [0, 0.1) is 51.8 Å². The van der Waals surface area contributed by atoms with Gasteiger partial charge in [0.05, 0.1) is 36.1 Å². The molecule has 0 aliphatic heterocycles. The Morgan fingerprint density at radius 1 is 0.370 bits per heavy atom. The number of ether oxygens (including phenoxy) is 3. The lowest BCUT2D eigenvalue weighted by Gasteiger charge is -2.46. The van der Waals surface area contributed by atoms with Gasteiger partial charge in [-0.3, -0.25) is 14.4 Å². The Bertz CT molecular complexity index is 1090. The average Bonchev–Trinajstić information content (AvgIpc) is 3.68. The van der Waals surface area contributed by atoms with Gasteiger partial charge in [-0.25, -0.2) is 0 Å². The topological polar surface area (TPSA) is 78.9 Å². The van der Waals surface area contributed by atoms with Gasteiger partial charge in [-0.2, -0.15) is 0 Å². The van der Waals surface area contributed by atoms with Crippen LogP contribution in [-0.4, -0.2) is 37.7 Å². The van der Waals surface area contributed by atoms with E-state index >= 15 is 0 Å². The van der Waals surface area contributed by atoms with Crippen molar-refractivity contribution < 1.29 is 28.6 Å². The largest absolute Gasteiger partial charge is 0.465 e. The Morgan fingerprint density at radius 3 is 0.815 bits per heavy atom. The highest BCUT2D eigenvalue weighted by atomic mass is 16.5. The zero-order valence-electron chi connectivity index (χ0n) is 36.1. The number of esters is 3. The summed E-state index contributed by atoms with van der Waals surface area (Å²) in [4.78, 5) is 37.6. The Balaban J connectivity index is 0.000000181. The molecule has 0 heterocycles. The Morgan fingerprint density at radius 2 is 0.593 bits per heavy atom. The van der Waals surface area contributed by atoms with Crippen LogP contribution in [0.1, 0.15) is 215 Å². The summed E-state index contributed by atoms with van der Waals surface area (Å²) in [7, 11) is 0. The first kappa shape index (κ1) is 45.1. The molecule has 6 fully saturated rings. The van der Waals surface area contributed by atoms with Crippen molar-refractivity contribution >= 4 is 17.9 Å². The van der Waals surface area contributed by atoms with Crippen LogP contribution >= 0.6 is 0 Å². The van der Waals surface area contributed by atoms with E-state index < -0.39 is 0 Å². The molecule has 0 amide bonds. The number of rotatable bonds is 12. The van der Waals surface area contributed by atoms with Gasteiger partial charge in [0.2, 0.25) is 0 Å². The van der Waals surface area contributed by atoms with Crippen molar-refractivity contribution in [2.75, 3.05) is 19.8 Å². The molecule has 0 saturated heterocycles. The molecule has 0 spiro atoms. The lowest BCUT2D eigenvalue weighted by molar-refractivity contribution is -0.169. The van der Waals surface area contributed by atoms with Gasteiger partial charge in [-0.15, -0.1) is 0 Å². The number of hydrogen-bond acceptors (Lipinski definition) is 6. The molecular formula is C48H84O6. The highest BCUT2D eigenvalue weighted by Gasteiger charge is 2.52. The third-order valence-electron chi connectivity index (χ3n) is 14.5. The third-order valence-corrected chi connectivity index (χ3v) is 14.5. The fourth-order valence-electron chi connectivity index (χ4n) is 11.2. The van der Waals surface area contributed by atoms with E-state index in [0.717, 1.165) is 38.5 Å². The molecule has 6 aliphatic rings. The minimum atomic E-state index is -0.117. The van der Waals surface area contributed by atoms with E-state index in [1.807, 2.05) is 0 Å². The fraction of sp³-hybridized carbons (Fsp3) is 0.938. The Labute approximate surface area is 332 Å². The van der Waals surface area contributed by atoms with Crippen molar-refractivity contribution in [2.24, 2.45) is 51.8 Å². The number of hydrogen-bond donors (Lipinski definition) is 0. The standard InChI is InChI=1S/C17H30O2.C16H28O2.C15H26O2/c1-14(2)13-19-16(18)17(11-7-4-8-12-17)15-9-5-3-6-10-15;1-13(2)12-18-15(17)16(10-6-7-11-16)14-8-4-3-5-9-14;1-12(2)11-17-14(16)15(9-6-10-15)13-7-4-3-5-8-13/h14-15H,3-13H2,1-2H3;13-14H,3-12H2,1-2H3;12-13H,3-11H2,1-2H3. The first-order valence-corrected chi connectivity index (χ1v) is 23.5. The average molecular weight is 757 g/mol. The van der Waals surface area contributed by atoms with Crippen LogP contribution in [0.4, 0.5) is 0 Å². The molecule has 6 aliphatic carbocycles. The molecule has 0 unspecified atom stereocenters. The maximum atomic E-state index is 12.7. The molecule has 0 aromatic rings. The summed E-state index contributed by atoms with van der Waals surface area (Å²) in [5.41, 5.74) is -0.293. The highest BCUT2D eigenvalue weighted by Crippen LogP contribution is 2.53. The van der Waals surface area contributed by atoms with Crippen molar-refractivity contribution in [1.82, 2.24) is 0 Å². The Hall–Kier alpha value is -1.59. The summed E-state index contributed by atoms with van der Waals surface area (Å²) in [5, 5.41) is 0. The van der Waals surface area contributed by atoms with Gasteiger partial charge in [0.1, 0.15) is 0 Å². The minimum absolute atomic E-state index is 0.0741. The predicted octanol–water partition coefficient (Wildman–Crippen LogP) is 13.0. The van der Waals surface area contributed by atoms with Gasteiger partial charge in [-0.05, 0) is 113 Å². The van der Waals surface area contributed by atoms with E-state index in [1.54, 1.807) is 0 Å². The predicted molar refractivity (Wildman–Crippen MR) is 220 cm³/mol. The molecular weight excluding hydrogens is 673 g/mol. The van der Waals surface area contributed by atoms with E-state index in [-0.39, 0.29) is 34.2 Å². The molecule has 54 heavy (non-hydrogen) atoms. The second-order valence-corrected chi connectivity index (χ2v) is 20.1. The smallest absolute Gasteiger partial charge is 0.312 e. The molecule has 6 nitrogen and oxygen atoms in total. The fourth-order valence-corrected chi connectivity index (χ4v) is 11.2. The third kappa shape index (κ3) is 12.2. The summed E-state index contributed by atoms with van der Waals surface area (Å²) < 4.78 is 16.8. The van der Waals surface area contributed by atoms with E-state index in [2.05, 4.69) is 41.5 Å². The van der Waals surface area contributed by atoms with E-state index in [4.69, 9.17) is 14.2 Å². The van der Waals surface area contributed by atoms with Crippen molar-refractivity contribution in [3.63, 3.8) is 0 Å².